The molecule has 0 saturated heterocycles. The highest BCUT2D eigenvalue weighted by atomic mass is 33.1. The Labute approximate surface area is 277 Å². The number of Topliss-reactive ketones (excluding diaryl/α,β-unsaturated/α-hetero) is 1. The molecule has 10 heteroatoms. The number of rotatable bonds is 6. The van der Waals surface area contributed by atoms with E-state index in [1.165, 1.54) is 7.11 Å². The first-order chi connectivity index (χ1) is 22.3. The third kappa shape index (κ3) is 7.93. The molecule has 1 aliphatic rings. The number of methoxy groups -OCH3 is 1. The average Bonchev–Trinajstić information content (AvgIpc) is 3.05. The molecule has 46 heavy (non-hydrogen) atoms. The molecule has 0 aromatic heterocycles. The predicted molar refractivity (Wildman–Crippen MR) is 186 cm³/mol. The Kier molecular flexibility index (Phi) is 11.8. The second-order valence-corrected chi connectivity index (χ2v) is 14.0. The summed E-state index contributed by atoms with van der Waals surface area (Å²) in [6.07, 6.45) is 2.70. The van der Waals surface area contributed by atoms with Crippen LogP contribution in [0.3, 0.4) is 0 Å². The Hall–Kier alpha value is -3.41. The number of benzene rings is 4. The lowest BCUT2D eigenvalue weighted by Gasteiger charge is -2.25. The molecule has 0 spiro atoms. The monoisotopic (exact) mass is 663 g/mol. The summed E-state index contributed by atoms with van der Waals surface area (Å²) in [4.78, 5) is 13.5. The number of phenols is 3. The van der Waals surface area contributed by atoms with Gasteiger partial charge in [0.25, 0.3) is 0 Å². The van der Waals surface area contributed by atoms with Crippen molar-refractivity contribution in [1.82, 2.24) is 5.32 Å². The molecule has 4 aromatic carbocycles. The van der Waals surface area contributed by atoms with Gasteiger partial charge in [0, 0.05) is 35.5 Å². The Morgan fingerprint density at radius 2 is 1.76 bits per heavy atom. The molecule has 0 amide bonds. The average molecular weight is 664 g/mol. The van der Waals surface area contributed by atoms with Gasteiger partial charge in [-0.3, -0.25) is 10.1 Å². The first-order valence-corrected chi connectivity index (χ1v) is 18.0. The second kappa shape index (κ2) is 15.9. The summed E-state index contributed by atoms with van der Waals surface area (Å²) >= 11 is 0. The highest BCUT2D eigenvalue weighted by Crippen LogP contribution is 2.45. The van der Waals surface area contributed by atoms with Crippen molar-refractivity contribution in [2.45, 2.75) is 63.2 Å². The maximum Gasteiger partial charge on any atom is 0.168 e. The molecule has 0 radical (unpaired) electrons. The normalized spacial score (nSPS) is 17.3. The number of ether oxygens (including phenoxy) is 2. The van der Waals surface area contributed by atoms with Crippen molar-refractivity contribution in [1.29, 1.82) is 0 Å². The number of carbonyl (C=O) groups is 1. The van der Waals surface area contributed by atoms with Gasteiger partial charge in [0.15, 0.2) is 11.5 Å². The van der Waals surface area contributed by atoms with Gasteiger partial charge in [0.2, 0.25) is 0 Å². The third-order valence-corrected chi connectivity index (χ3v) is 10.8. The van der Waals surface area contributed by atoms with Crippen LogP contribution in [0.2, 0.25) is 0 Å². The zero-order chi connectivity index (χ0) is 32.6. The molecule has 2 unspecified atom stereocenters. The SMILES string of the molecule is CNC(OC1CCCCSSCc2c(ccc3ccc(O)cc23)-c2c(ccc(O)c2OC)CCC(=O)C1)c1ccc(O)c(CO)c1. The fourth-order valence-corrected chi connectivity index (χ4v) is 8.29. The minimum Gasteiger partial charge on any atom is -0.508 e. The summed E-state index contributed by atoms with van der Waals surface area (Å²) in [5.41, 5.74) is 4.76. The molecule has 5 rings (SSSR count). The lowest BCUT2D eigenvalue weighted by molar-refractivity contribution is -0.124. The number of aliphatic hydroxyl groups excluding tert-OH is 1. The second-order valence-electron chi connectivity index (χ2n) is 11.4. The predicted octanol–water partition coefficient (Wildman–Crippen LogP) is 7.39. The molecule has 244 valence electrons. The third-order valence-electron chi connectivity index (χ3n) is 8.40. The molecule has 2 atom stereocenters. The number of ketones is 1. The molecule has 8 nitrogen and oxygen atoms in total. The van der Waals surface area contributed by atoms with E-state index >= 15 is 0 Å². The summed E-state index contributed by atoms with van der Waals surface area (Å²) < 4.78 is 12.2. The van der Waals surface area contributed by atoms with Crippen LogP contribution in [-0.4, -0.2) is 52.2 Å². The van der Waals surface area contributed by atoms with E-state index in [1.54, 1.807) is 65.0 Å². The van der Waals surface area contributed by atoms with Gasteiger partial charge in [-0.05, 0) is 89.7 Å². The number of fused-ring (bicyclic) bond motifs is 5. The molecule has 4 aromatic rings. The van der Waals surface area contributed by atoms with Crippen molar-refractivity contribution >= 4 is 38.1 Å². The minimum absolute atomic E-state index is 0.0237. The molecule has 1 aliphatic heterocycles. The fourth-order valence-electron chi connectivity index (χ4n) is 6.02. The Bertz CT molecular complexity index is 1680. The van der Waals surface area contributed by atoms with Gasteiger partial charge in [0.1, 0.15) is 23.5 Å². The van der Waals surface area contributed by atoms with Crippen LogP contribution in [0.25, 0.3) is 21.9 Å². The molecule has 0 saturated carbocycles. The van der Waals surface area contributed by atoms with Crippen LogP contribution >= 0.6 is 21.6 Å². The van der Waals surface area contributed by atoms with Crippen LogP contribution in [0.15, 0.2) is 60.7 Å². The summed E-state index contributed by atoms with van der Waals surface area (Å²) in [6, 6.07) is 17.9. The van der Waals surface area contributed by atoms with Crippen LogP contribution in [0.5, 0.6) is 23.0 Å². The van der Waals surface area contributed by atoms with Gasteiger partial charge in [-0.2, -0.15) is 0 Å². The zero-order valence-corrected chi connectivity index (χ0v) is 27.8. The Balaban J connectivity index is 1.47. The van der Waals surface area contributed by atoms with Crippen molar-refractivity contribution in [2.75, 3.05) is 19.9 Å². The number of aromatic hydroxyl groups is 3. The summed E-state index contributed by atoms with van der Waals surface area (Å²) in [5, 5.41) is 46.0. The number of nitrogens with one attached hydrogen (secondary N) is 1. The van der Waals surface area contributed by atoms with Crippen molar-refractivity contribution < 1.29 is 34.7 Å². The first-order valence-electron chi connectivity index (χ1n) is 15.5. The van der Waals surface area contributed by atoms with Crippen LogP contribution in [0.1, 0.15) is 60.6 Å². The zero-order valence-electron chi connectivity index (χ0n) is 26.1. The molecule has 0 bridgehead atoms. The minimum atomic E-state index is -0.516. The summed E-state index contributed by atoms with van der Waals surface area (Å²) in [6.45, 7) is -0.291. The van der Waals surface area contributed by atoms with Crippen molar-refractivity contribution in [3.8, 4) is 34.1 Å². The smallest absolute Gasteiger partial charge is 0.168 e. The maximum absolute atomic E-state index is 13.5. The Morgan fingerprint density at radius 1 is 0.957 bits per heavy atom. The molecule has 5 N–H and O–H groups in total. The molecular weight excluding hydrogens is 623 g/mol. The number of hydrogen-bond acceptors (Lipinski definition) is 10. The lowest BCUT2D eigenvalue weighted by Crippen LogP contribution is -2.27. The van der Waals surface area contributed by atoms with Crippen LogP contribution in [-0.2, 0) is 28.3 Å². The van der Waals surface area contributed by atoms with Gasteiger partial charge in [-0.25, -0.2) is 0 Å². The first kappa shape index (κ1) is 33.9. The number of hydrogen-bond donors (Lipinski definition) is 5. The molecular formula is C36H41NO7S2. The van der Waals surface area contributed by atoms with Crippen molar-refractivity contribution in [3.05, 3.63) is 82.9 Å². The quantitative estimate of drug-likeness (QED) is 0.105. The van der Waals surface area contributed by atoms with E-state index in [1.807, 2.05) is 24.3 Å². The van der Waals surface area contributed by atoms with E-state index in [4.69, 9.17) is 9.47 Å². The maximum atomic E-state index is 13.5. The standard InChI is InChI=1S/C36H41NO7S2/c1-37-36(24-10-14-32(41)25(17-24)20-38)44-28-5-3-4-16-45-46-21-31-29(13-8-22-6-11-27(40)19-30(22)31)34-23(7-12-26(39)18-28)9-15-33(42)35(34)43-2/h6,8-11,13-15,17,19,28,36-38,40-42H,3-5,7,12,16,18,20-21H2,1-2H3. The summed E-state index contributed by atoms with van der Waals surface area (Å²) in [7, 11) is 6.86. The number of carbonyl (C=O) groups excluding carboxylic acids is 1. The van der Waals surface area contributed by atoms with Gasteiger partial charge in [-0.1, -0.05) is 58.3 Å². The van der Waals surface area contributed by atoms with Crippen LogP contribution in [0, 0.1) is 0 Å². The van der Waals surface area contributed by atoms with Crippen LogP contribution in [0.4, 0.5) is 0 Å². The van der Waals surface area contributed by atoms with Gasteiger partial charge >= 0.3 is 0 Å². The van der Waals surface area contributed by atoms with Crippen molar-refractivity contribution in [3.63, 3.8) is 0 Å². The molecule has 1 heterocycles. The summed E-state index contributed by atoms with van der Waals surface area (Å²) in [5.74, 6) is 2.27. The highest BCUT2D eigenvalue weighted by molar-refractivity contribution is 8.76. The van der Waals surface area contributed by atoms with Gasteiger partial charge < -0.3 is 29.9 Å². The van der Waals surface area contributed by atoms with Crippen LogP contribution < -0.4 is 10.1 Å². The highest BCUT2D eigenvalue weighted by Gasteiger charge is 2.24. The lowest BCUT2D eigenvalue weighted by atomic mass is 9.89. The largest absolute Gasteiger partial charge is 0.508 e. The number of phenolic OH excluding ortho intramolecular Hbond substituents is 2. The van der Waals surface area contributed by atoms with E-state index < -0.39 is 6.23 Å². The van der Waals surface area contributed by atoms with E-state index in [2.05, 4.69) is 5.32 Å². The van der Waals surface area contributed by atoms with Gasteiger partial charge in [0.05, 0.1) is 19.8 Å². The molecule has 0 fully saturated rings. The molecule has 0 aliphatic carbocycles. The van der Waals surface area contributed by atoms with E-state index in [9.17, 15) is 25.2 Å². The Morgan fingerprint density at radius 3 is 2.54 bits per heavy atom. The topological polar surface area (TPSA) is 128 Å². The van der Waals surface area contributed by atoms with Crippen molar-refractivity contribution in [2.24, 2.45) is 0 Å². The van der Waals surface area contributed by atoms with E-state index in [-0.39, 0.29) is 48.6 Å². The van der Waals surface area contributed by atoms with E-state index in [0.717, 1.165) is 57.2 Å². The fraction of sp³-hybridized carbons (Fsp3) is 0.361. The van der Waals surface area contributed by atoms with E-state index in [0.29, 0.717) is 29.9 Å². The number of aliphatic hydroxyl groups is 1. The number of aryl methyl sites for hydroxylation is 1. The van der Waals surface area contributed by atoms with Gasteiger partial charge in [-0.15, -0.1) is 0 Å².